The van der Waals surface area contributed by atoms with E-state index in [1.54, 1.807) is 7.11 Å². The summed E-state index contributed by atoms with van der Waals surface area (Å²) in [6.45, 7) is 1.37. The summed E-state index contributed by atoms with van der Waals surface area (Å²) in [5.41, 5.74) is 2.25. The van der Waals surface area contributed by atoms with Crippen LogP contribution in [0.5, 0.6) is 5.75 Å². The molecule has 0 fully saturated rings. The van der Waals surface area contributed by atoms with Crippen LogP contribution in [0, 0.1) is 0 Å². The molecule has 0 N–H and O–H groups in total. The van der Waals surface area contributed by atoms with Gasteiger partial charge in [0, 0.05) is 26.3 Å². The Morgan fingerprint density at radius 2 is 1.71 bits per heavy atom. The third-order valence-corrected chi connectivity index (χ3v) is 3.47. The summed E-state index contributed by atoms with van der Waals surface area (Å²) in [7, 11) is 1.71. The number of hydrogen-bond acceptors (Lipinski definition) is 2. The van der Waals surface area contributed by atoms with Crippen LogP contribution in [-0.2, 0) is 4.74 Å². The Morgan fingerprint density at radius 1 is 0.905 bits per heavy atom. The molecule has 3 heteroatoms. The summed E-state index contributed by atoms with van der Waals surface area (Å²) < 4.78 is 13.1. The maximum atomic E-state index is 5.91. The molecule has 1 aromatic heterocycles. The van der Waals surface area contributed by atoms with Crippen LogP contribution in [0.15, 0.2) is 60.8 Å². The summed E-state index contributed by atoms with van der Waals surface area (Å²) in [5, 5.41) is 1.23. The number of para-hydroxylation sites is 3. The minimum Gasteiger partial charge on any atom is -0.491 e. The second-order valence-electron chi connectivity index (χ2n) is 4.91. The minimum atomic E-state index is 0.657. The third kappa shape index (κ3) is 2.93. The Hall–Kier alpha value is -2.26. The van der Waals surface area contributed by atoms with E-state index in [-0.39, 0.29) is 0 Å². The number of fused-ring (bicyclic) bond motifs is 1. The van der Waals surface area contributed by atoms with Crippen LogP contribution in [0.4, 0.5) is 0 Å². The molecule has 3 aromatic rings. The highest BCUT2D eigenvalue weighted by Gasteiger charge is 2.08. The molecule has 0 unspecified atom stereocenters. The lowest BCUT2D eigenvalue weighted by atomic mass is 10.2. The molecule has 3 nitrogen and oxygen atoms in total. The predicted molar refractivity (Wildman–Crippen MR) is 85.3 cm³/mol. The molecule has 108 valence electrons. The first kappa shape index (κ1) is 13.7. The molecule has 0 atom stereocenters. The Balaban J connectivity index is 1.91. The van der Waals surface area contributed by atoms with Gasteiger partial charge in [-0.15, -0.1) is 0 Å². The monoisotopic (exact) mass is 281 g/mol. The molecule has 0 spiro atoms. The zero-order chi connectivity index (χ0) is 14.5. The van der Waals surface area contributed by atoms with Gasteiger partial charge in [-0.1, -0.05) is 30.3 Å². The van der Waals surface area contributed by atoms with Gasteiger partial charge in [0.25, 0.3) is 0 Å². The van der Waals surface area contributed by atoms with E-state index < -0.39 is 0 Å². The van der Waals surface area contributed by atoms with Crippen LogP contribution in [0.3, 0.4) is 0 Å². The number of methoxy groups -OCH3 is 1. The van der Waals surface area contributed by atoms with Gasteiger partial charge in [0.1, 0.15) is 5.75 Å². The van der Waals surface area contributed by atoms with Gasteiger partial charge in [0.15, 0.2) is 0 Å². The van der Waals surface area contributed by atoms with Gasteiger partial charge in [-0.05, 0) is 29.7 Å². The molecule has 0 aliphatic carbocycles. The lowest BCUT2D eigenvalue weighted by Crippen LogP contribution is -2.04. The lowest BCUT2D eigenvalue weighted by Gasteiger charge is -2.13. The molecule has 3 rings (SSSR count). The summed E-state index contributed by atoms with van der Waals surface area (Å²) in [4.78, 5) is 0. The second-order valence-corrected chi connectivity index (χ2v) is 4.91. The Morgan fingerprint density at radius 3 is 2.62 bits per heavy atom. The smallest absolute Gasteiger partial charge is 0.143 e. The highest BCUT2D eigenvalue weighted by molar-refractivity contribution is 5.82. The number of hydrogen-bond donors (Lipinski definition) is 0. The van der Waals surface area contributed by atoms with E-state index in [1.165, 1.54) is 10.9 Å². The summed E-state index contributed by atoms with van der Waals surface area (Å²) in [6, 6.07) is 18.6. The summed E-state index contributed by atoms with van der Waals surface area (Å²) >= 11 is 0. The van der Waals surface area contributed by atoms with Crippen molar-refractivity contribution in [3.63, 3.8) is 0 Å². The van der Waals surface area contributed by atoms with Crippen molar-refractivity contribution in [2.24, 2.45) is 0 Å². The van der Waals surface area contributed by atoms with E-state index in [0.29, 0.717) is 13.2 Å². The van der Waals surface area contributed by atoms with E-state index >= 15 is 0 Å². The highest BCUT2D eigenvalue weighted by atomic mass is 16.5. The molecule has 1 heterocycles. The van der Waals surface area contributed by atoms with Gasteiger partial charge < -0.3 is 14.0 Å². The Labute approximate surface area is 124 Å². The number of rotatable bonds is 6. The molecular weight excluding hydrogens is 262 g/mol. The van der Waals surface area contributed by atoms with Crippen molar-refractivity contribution < 1.29 is 9.47 Å². The average Bonchev–Trinajstić information content (AvgIpc) is 2.96. The summed E-state index contributed by atoms with van der Waals surface area (Å²) in [6.07, 6.45) is 2.97. The maximum Gasteiger partial charge on any atom is 0.143 e. The van der Waals surface area contributed by atoms with Gasteiger partial charge >= 0.3 is 0 Å². The van der Waals surface area contributed by atoms with Crippen LogP contribution in [0.1, 0.15) is 6.42 Å². The molecule has 0 radical (unpaired) electrons. The van der Waals surface area contributed by atoms with Crippen LogP contribution in [0.25, 0.3) is 16.6 Å². The third-order valence-electron chi connectivity index (χ3n) is 3.47. The largest absolute Gasteiger partial charge is 0.491 e. The number of benzene rings is 2. The maximum absolute atomic E-state index is 5.91. The van der Waals surface area contributed by atoms with Crippen LogP contribution < -0.4 is 4.74 Å². The SMILES string of the molecule is COCCCOc1ccccc1-n1ccc2ccccc21. The quantitative estimate of drug-likeness (QED) is 0.636. The molecule has 0 amide bonds. The van der Waals surface area contributed by atoms with Crippen LogP contribution in [-0.4, -0.2) is 24.9 Å². The normalized spacial score (nSPS) is 10.9. The Bertz CT molecular complexity index is 718. The summed E-state index contributed by atoms with van der Waals surface area (Å²) in [5.74, 6) is 0.898. The van der Waals surface area contributed by atoms with Gasteiger partial charge in [-0.2, -0.15) is 0 Å². The van der Waals surface area contributed by atoms with Gasteiger partial charge in [-0.3, -0.25) is 0 Å². The van der Waals surface area contributed by atoms with E-state index in [0.717, 1.165) is 17.9 Å². The minimum absolute atomic E-state index is 0.657. The van der Waals surface area contributed by atoms with Crippen molar-refractivity contribution in [3.05, 3.63) is 60.8 Å². The zero-order valence-electron chi connectivity index (χ0n) is 12.2. The first-order valence-corrected chi connectivity index (χ1v) is 7.17. The fourth-order valence-corrected chi connectivity index (χ4v) is 2.46. The predicted octanol–water partition coefficient (Wildman–Crippen LogP) is 4.05. The highest BCUT2D eigenvalue weighted by Crippen LogP contribution is 2.27. The van der Waals surface area contributed by atoms with Gasteiger partial charge in [0.05, 0.1) is 17.8 Å². The van der Waals surface area contributed by atoms with Crippen molar-refractivity contribution in [2.45, 2.75) is 6.42 Å². The van der Waals surface area contributed by atoms with E-state index in [4.69, 9.17) is 9.47 Å². The fraction of sp³-hybridized carbons (Fsp3) is 0.222. The first-order chi connectivity index (χ1) is 10.4. The van der Waals surface area contributed by atoms with Crippen molar-refractivity contribution >= 4 is 10.9 Å². The second kappa shape index (κ2) is 6.46. The molecule has 0 saturated heterocycles. The lowest BCUT2D eigenvalue weighted by molar-refractivity contribution is 0.172. The van der Waals surface area contributed by atoms with E-state index in [2.05, 4.69) is 47.2 Å². The topological polar surface area (TPSA) is 23.4 Å². The van der Waals surface area contributed by atoms with Crippen LogP contribution >= 0.6 is 0 Å². The van der Waals surface area contributed by atoms with Crippen molar-refractivity contribution in [1.82, 2.24) is 4.57 Å². The molecule has 0 aliphatic heterocycles. The number of nitrogens with zero attached hydrogens (tertiary/aromatic N) is 1. The van der Waals surface area contributed by atoms with Crippen molar-refractivity contribution in [3.8, 4) is 11.4 Å². The molecule has 21 heavy (non-hydrogen) atoms. The van der Waals surface area contributed by atoms with E-state index in [9.17, 15) is 0 Å². The molecule has 2 aromatic carbocycles. The van der Waals surface area contributed by atoms with Crippen molar-refractivity contribution in [2.75, 3.05) is 20.3 Å². The number of aromatic nitrogens is 1. The fourth-order valence-electron chi connectivity index (χ4n) is 2.46. The average molecular weight is 281 g/mol. The Kier molecular flexibility index (Phi) is 4.22. The zero-order valence-corrected chi connectivity index (χ0v) is 12.2. The standard InChI is InChI=1S/C18H19NO2/c1-20-13-6-14-21-18-10-5-4-9-17(18)19-12-11-15-7-2-3-8-16(15)19/h2-5,7-12H,6,13-14H2,1H3. The molecular formula is C18H19NO2. The number of ether oxygens (including phenoxy) is 2. The van der Waals surface area contributed by atoms with Gasteiger partial charge in [-0.25, -0.2) is 0 Å². The molecule has 0 saturated carbocycles. The first-order valence-electron chi connectivity index (χ1n) is 7.17. The van der Waals surface area contributed by atoms with Crippen molar-refractivity contribution in [1.29, 1.82) is 0 Å². The van der Waals surface area contributed by atoms with Crippen LogP contribution in [0.2, 0.25) is 0 Å². The molecule has 0 bridgehead atoms. The molecule has 0 aliphatic rings. The van der Waals surface area contributed by atoms with Gasteiger partial charge in [0.2, 0.25) is 0 Å². The van der Waals surface area contributed by atoms with E-state index in [1.807, 2.05) is 18.2 Å².